The standard InChI is InChI=1S/C20H28N4O2S/c1-3-10-21-19(26)14(2)22-18(25)13-24-11-6-7-15(12-24)20-23-16-8-4-5-9-17(16)27-20/h4-5,8-9,14-15H,3,6-7,10-13H2,1-2H3,(H,21,26)(H,22,25)/p+1/t14-,15+/m1/s1. The molecule has 2 amide bonds. The van der Waals surface area contributed by atoms with Crippen molar-refractivity contribution in [2.75, 3.05) is 26.2 Å². The molecule has 1 unspecified atom stereocenters. The molecular weight excluding hydrogens is 360 g/mol. The number of aromatic nitrogens is 1. The summed E-state index contributed by atoms with van der Waals surface area (Å²) in [5, 5.41) is 6.82. The molecule has 3 atom stereocenters. The molecule has 0 bridgehead atoms. The second-order valence-electron chi connectivity index (χ2n) is 7.32. The molecule has 2 aromatic rings. The summed E-state index contributed by atoms with van der Waals surface area (Å²) in [6, 6.07) is 7.74. The first-order valence-corrected chi connectivity index (χ1v) is 10.6. The highest BCUT2D eigenvalue weighted by Gasteiger charge is 2.29. The maximum Gasteiger partial charge on any atom is 0.275 e. The van der Waals surface area contributed by atoms with Crippen LogP contribution in [0.15, 0.2) is 24.3 Å². The molecule has 6 nitrogen and oxygen atoms in total. The number of hydrogen-bond acceptors (Lipinski definition) is 4. The Labute approximate surface area is 164 Å². The third-order valence-corrected chi connectivity index (χ3v) is 6.21. The molecule has 1 aliphatic rings. The molecular formula is C20H29N4O2S+. The van der Waals surface area contributed by atoms with E-state index >= 15 is 0 Å². The van der Waals surface area contributed by atoms with Crippen LogP contribution < -0.4 is 15.5 Å². The Hall–Kier alpha value is -1.99. The van der Waals surface area contributed by atoms with E-state index in [0.717, 1.165) is 37.9 Å². The van der Waals surface area contributed by atoms with Gasteiger partial charge in [0.15, 0.2) is 6.54 Å². The lowest BCUT2D eigenvalue weighted by Crippen LogP contribution is -3.14. The van der Waals surface area contributed by atoms with Crippen molar-refractivity contribution in [1.82, 2.24) is 15.6 Å². The van der Waals surface area contributed by atoms with E-state index < -0.39 is 6.04 Å². The van der Waals surface area contributed by atoms with E-state index in [1.165, 1.54) is 14.6 Å². The number of benzene rings is 1. The first-order valence-electron chi connectivity index (χ1n) is 9.83. The lowest BCUT2D eigenvalue weighted by atomic mass is 9.99. The summed E-state index contributed by atoms with van der Waals surface area (Å²) < 4.78 is 1.23. The topological polar surface area (TPSA) is 75.5 Å². The fraction of sp³-hybridized carbons (Fsp3) is 0.550. The van der Waals surface area contributed by atoms with Crippen molar-refractivity contribution in [2.45, 2.75) is 45.1 Å². The maximum absolute atomic E-state index is 12.4. The van der Waals surface area contributed by atoms with Crippen LogP contribution in [0.5, 0.6) is 0 Å². The van der Waals surface area contributed by atoms with Gasteiger partial charge in [0.1, 0.15) is 11.0 Å². The van der Waals surface area contributed by atoms with E-state index in [1.54, 1.807) is 18.3 Å². The number of likely N-dealkylation sites (tertiary alicyclic amines) is 1. The lowest BCUT2D eigenvalue weighted by molar-refractivity contribution is -0.898. The van der Waals surface area contributed by atoms with Gasteiger partial charge in [-0.25, -0.2) is 4.98 Å². The second-order valence-corrected chi connectivity index (χ2v) is 8.38. The van der Waals surface area contributed by atoms with Gasteiger partial charge in [-0.05, 0) is 38.3 Å². The van der Waals surface area contributed by atoms with E-state index in [4.69, 9.17) is 4.98 Å². The number of rotatable bonds is 7. The molecule has 3 N–H and O–H groups in total. The number of amides is 2. The number of piperidine rings is 1. The minimum Gasteiger partial charge on any atom is -0.354 e. The van der Waals surface area contributed by atoms with Crippen molar-refractivity contribution in [3.63, 3.8) is 0 Å². The smallest absolute Gasteiger partial charge is 0.275 e. The highest BCUT2D eigenvalue weighted by atomic mass is 32.1. The van der Waals surface area contributed by atoms with Crippen molar-refractivity contribution < 1.29 is 14.5 Å². The molecule has 146 valence electrons. The molecule has 1 aromatic heterocycles. The highest BCUT2D eigenvalue weighted by Crippen LogP contribution is 2.30. The van der Waals surface area contributed by atoms with Crippen LogP contribution in [0.2, 0.25) is 0 Å². The number of quaternary nitrogens is 1. The van der Waals surface area contributed by atoms with Crippen molar-refractivity contribution in [2.24, 2.45) is 0 Å². The van der Waals surface area contributed by atoms with E-state index in [0.29, 0.717) is 19.0 Å². The average Bonchev–Trinajstić information content (AvgIpc) is 3.10. The van der Waals surface area contributed by atoms with Gasteiger partial charge in [0.05, 0.1) is 29.2 Å². The van der Waals surface area contributed by atoms with Gasteiger partial charge < -0.3 is 15.5 Å². The highest BCUT2D eigenvalue weighted by molar-refractivity contribution is 7.18. The van der Waals surface area contributed by atoms with Crippen LogP contribution in [0, 0.1) is 0 Å². The molecule has 1 fully saturated rings. The van der Waals surface area contributed by atoms with Gasteiger partial charge in [-0.15, -0.1) is 11.3 Å². The first-order chi connectivity index (χ1) is 13.1. The lowest BCUT2D eigenvalue weighted by Gasteiger charge is -2.28. The molecule has 3 rings (SSSR count). The zero-order chi connectivity index (χ0) is 19.2. The Morgan fingerprint density at radius 1 is 1.37 bits per heavy atom. The van der Waals surface area contributed by atoms with Gasteiger partial charge in [0.2, 0.25) is 5.91 Å². The zero-order valence-corrected chi connectivity index (χ0v) is 16.9. The van der Waals surface area contributed by atoms with Gasteiger partial charge in [-0.3, -0.25) is 9.59 Å². The molecule has 0 spiro atoms. The number of carbonyl (C=O) groups is 2. The number of thiazole rings is 1. The molecule has 1 aromatic carbocycles. The minimum absolute atomic E-state index is 0.0610. The minimum atomic E-state index is -0.492. The normalized spacial score (nSPS) is 21.0. The van der Waals surface area contributed by atoms with Gasteiger partial charge in [0, 0.05) is 6.54 Å². The molecule has 2 heterocycles. The summed E-state index contributed by atoms with van der Waals surface area (Å²) in [5.74, 6) is 0.226. The van der Waals surface area contributed by atoms with E-state index in [1.807, 2.05) is 19.1 Å². The van der Waals surface area contributed by atoms with Crippen molar-refractivity contribution in [3.05, 3.63) is 29.3 Å². The Balaban J connectivity index is 1.53. The third-order valence-electron chi connectivity index (χ3n) is 5.01. The van der Waals surface area contributed by atoms with Crippen LogP contribution in [0.25, 0.3) is 10.2 Å². The maximum atomic E-state index is 12.4. The quantitative estimate of drug-likeness (QED) is 0.664. The van der Waals surface area contributed by atoms with Gasteiger partial charge in [-0.2, -0.15) is 0 Å². The number of hydrogen-bond donors (Lipinski definition) is 3. The third kappa shape index (κ3) is 5.26. The predicted molar refractivity (Wildman–Crippen MR) is 108 cm³/mol. The van der Waals surface area contributed by atoms with Crippen molar-refractivity contribution in [1.29, 1.82) is 0 Å². The van der Waals surface area contributed by atoms with Gasteiger partial charge >= 0.3 is 0 Å². The summed E-state index contributed by atoms with van der Waals surface area (Å²) in [6.07, 6.45) is 3.11. The molecule has 0 aliphatic carbocycles. The van der Waals surface area contributed by atoms with Crippen LogP contribution >= 0.6 is 11.3 Å². The number of carbonyl (C=O) groups excluding carboxylic acids is 2. The molecule has 7 heteroatoms. The van der Waals surface area contributed by atoms with Crippen LogP contribution in [-0.2, 0) is 9.59 Å². The Morgan fingerprint density at radius 3 is 2.96 bits per heavy atom. The number of nitrogens with zero attached hydrogens (tertiary/aromatic N) is 1. The summed E-state index contributed by atoms with van der Waals surface area (Å²) >= 11 is 1.77. The van der Waals surface area contributed by atoms with Crippen molar-refractivity contribution >= 4 is 33.4 Å². The van der Waals surface area contributed by atoms with E-state index in [9.17, 15) is 9.59 Å². The van der Waals surface area contributed by atoms with Gasteiger partial charge in [0.25, 0.3) is 5.91 Å². The first kappa shape index (κ1) is 19.8. The zero-order valence-electron chi connectivity index (χ0n) is 16.1. The predicted octanol–water partition coefficient (Wildman–Crippen LogP) is 1.09. The van der Waals surface area contributed by atoms with Crippen LogP contribution in [0.3, 0.4) is 0 Å². The van der Waals surface area contributed by atoms with Crippen LogP contribution in [0.4, 0.5) is 0 Å². The van der Waals surface area contributed by atoms with Crippen LogP contribution in [-0.4, -0.2) is 49.0 Å². The summed E-state index contributed by atoms with van der Waals surface area (Å²) in [7, 11) is 0. The van der Waals surface area contributed by atoms with E-state index in [-0.39, 0.29) is 11.8 Å². The van der Waals surface area contributed by atoms with Gasteiger partial charge in [-0.1, -0.05) is 19.1 Å². The monoisotopic (exact) mass is 389 g/mol. The summed E-state index contributed by atoms with van der Waals surface area (Å²) in [4.78, 5) is 30.3. The summed E-state index contributed by atoms with van der Waals surface area (Å²) in [6.45, 7) is 6.70. The van der Waals surface area contributed by atoms with Crippen molar-refractivity contribution in [3.8, 4) is 0 Å². The molecule has 0 radical (unpaired) electrons. The molecule has 1 aliphatic heterocycles. The Bertz CT molecular complexity index is 758. The summed E-state index contributed by atoms with van der Waals surface area (Å²) in [5.41, 5.74) is 1.06. The Morgan fingerprint density at radius 2 is 2.19 bits per heavy atom. The second kappa shape index (κ2) is 9.28. The average molecular weight is 390 g/mol. The van der Waals surface area contributed by atoms with Crippen LogP contribution in [0.1, 0.15) is 44.0 Å². The van der Waals surface area contributed by atoms with E-state index in [2.05, 4.69) is 22.8 Å². The number of nitrogens with one attached hydrogen (secondary N) is 3. The SMILES string of the molecule is CCCNC(=O)[C@@H](C)NC(=O)C[NH+]1CCC[C@H](c2nc3ccccc3s2)C1. The largest absolute Gasteiger partial charge is 0.354 e. The molecule has 0 saturated carbocycles. The fourth-order valence-electron chi connectivity index (χ4n) is 3.57. The number of fused-ring (bicyclic) bond motifs is 1. The number of para-hydroxylation sites is 1. The Kier molecular flexibility index (Phi) is 6.79. The molecule has 27 heavy (non-hydrogen) atoms. The molecule has 1 saturated heterocycles. The fourth-order valence-corrected chi connectivity index (χ4v) is 4.68.